The molecule has 94 valence electrons. The molecular formula is C12H18ClN3O. The molecule has 1 aliphatic carbocycles. The van der Waals surface area contributed by atoms with Crippen LogP contribution in [0.2, 0.25) is 0 Å². The summed E-state index contributed by atoms with van der Waals surface area (Å²) in [6, 6.07) is 2.02. The Morgan fingerprint density at radius 1 is 1.47 bits per heavy atom. The Morgan fingerprint density at radius 2 is 2.29 bits per heavy atom. The molecule has 1 aromatic heterocycles. The van der Waals surface area contributed by atoms with E-state index in [1.54, 1.807) is 12.3 Å². The van der Waals surface area contributed by atoms with Gasteiger partial charge in [-0.3, -0.25) is 0 Å². The molecule has 2 atom stereocenters. The third kappa shape index (κ3) is 3.46. The highest BCUT2D eigenvalue weighted by Crippen LogP contribution is 2.25. The summed E-state index contributed by atoms with van der Waals surface area (Å²) >= 11 is 6.28. The fraction of sp³-hybridized carbons (Fsp3) is 0.667. The van der Waals surface area contributed by atoms with Crippen LogP contribution in [-0.2, 0) is 0 Å². The highest BCUT2D eigenvalue weighted by molar-refractivity contribution is 6.21. The summed E-state index contributed by atoms with van der Waals surface area (Å²) in [5.41, 5.74) is 0. The number of rotatable bonds is 4. The predicted octanol–water partition coefficient (Wildman–Crippen LogP) is 2.84. The quantitative estimate of drug-likeness (QED) is 0.841. The van der Waals surface area contributed by atoms with E-state index in [4.69, 9.17) is 16.3 Å². The van der Waals surface area contributed by atoms with E-state index in [0.717, 1.165) is 12.8 Å². The number of nitrogens with one attached hydrogen (secondary N) is 1. The van der Waals surface area contributed by atoms with Crippen molar-refractivity contribution in [2.75, 3.05) is 11.9 Å². The molecule has 0 bridgehead atoms. The maximum Gasteiger partial charge on any atom is 0.226 e. The summed E-state index contributed by atoms with van der Waals surface area (Å²) < 4.78 is 5.34. The number of nitrogens with zero attached hydrogens (tertiary/aromatic N) is 2. The van der Waals surface area contributed by atoms with Crippen LogP contribution in [-0.4, -0.2) is 28.0 Å². The van der Waals surface area contributed by atoms with Crippen molar-refractivity contribution in [3.8, 4) is 5.88 Å². The SMILES string of the molecule is CCOc1ccnc(NC2CCCCC2Cl)n1. The van der Waals surface area contributed by atoms with Crippen LogP contribution in [0, 0.1) is 0 Å². The van der Waals surface area contributed by atoms with Crippen LogP contribution in [0.15, 0.2) is 12.3 Å². The Bertz CT molecular complexity index is 361. The van der Waals surface area contributed by atoms with Gasteiger partial charge in [-0.1, -0.05) is 12.8 Å². The molecule has 2 unspecified atom stereocenters. The van der Waals surface area contributed by atoms with Gasteiger partial charge in [0.2, 0.25) is 11.8 Å². The molecule has 4 nitrogen and oxygen atoms in total. The molecule has 1 N–H and O–H groups in total. The Balaban J connectivity index is 1.99. The lowest BCUT2D eigenvalue weighted by Crippen LogP contribution is -2.33. The van der Waals surface area contributed by atoms with Gasteiger partial charge in [0, 0.05) is 18.3 Å². The third-order valence-electron chi connectivity index (χ3n) is 2.92. The number of halogens is 1. The largest absolute Gasteiger partial charge is 0.478 e. The van der Waals surface area contributed by atoms with E-state index in [9.17, 15) is 0 Å². The van der Waals surface area contributed by atoms with Crippen molar-refractivity contribution in [2.24, 2.45) is 0 Å². The summed E-state index contributed by atoms with van der Waals surface area (Å²) in [5.74, 6) is 1.21. The molecule has 1 aromatic rings. The van der Waals surface area contributed by atoms with Gasteiger partial charge in [0.05, 0.1) is 12.0 Å². The maximum atomic E-state index is 6.28. The van der Waals surface area contributed by atoms with Crippen molar-refractivity contribution in [1.29, 1.82) is 0 Å². The first-order valence-corrected chi connectivity index (χ1v) is 6.59. The van der Waals surface area contributed by atoms with Crippen molar-refractivity contribution < 1.29 is 4.74 Å². The number of anilines is 1. The average Bonchev–Trinajstić information content (AvgIpc) is 2.33. The van der Waals surface area contributed by atoms with Crippen molar-refractivity contribution in [3.05, 3.63) is 12.3 Å². The Morgan fingerprint density at radius 3 is 3.06 bits per heavy atom. The molecular weight excluding hydrogens is 238 g/mol. The lowest BCUT2D eigenvalue weighted by Gasteiger charge is -2.27. The lowest BCUT2D eigenvalue weighted by atomic mass is 9.95. The molecule has 1 fully saturated rings. The van der Waals surface area contributed by atoms with Crippen molar-refractivity contribution >= 4 is 17.5 Å². The second kappa shape index (κ2) is 6.05. The molecule has 0 aliphatic heterocycles. The van der Waals surface area contributed by atoms with Gasteiger partial charge in [0.25, 0.3) is 0 Å². The highest BCUT2D eigenvalue weighted by atomic mass is 35.5. The van der Waals surface area contributed by atoms with Crippen molar-refractivity contribution in [2.45, 2.75) is 44.0 Å². The average molecular weight is 256 g/mol. The lowest BCUT2D eigenvalue weighted by molar-refractivity contribution is 0.326. The number of ether oxygens (including phenoxy) is 1. The van der Waals surface area contributed by atoms with Crippen LogP contribution < -0.4 is 10.1 Å². The molecule has 0 radical (unpaired) electrons. The van der Waals surface area contributed by atoms with Crippen molar-refractivity contribution in [1.82, 2.24) is 9.97 Å². The van der Waals surface area contributed by atoms with E-state index in [2.05, 4.69) is 15.3 Å². The first kappa shape index (κ1) is 12.4. The van der Waals surface area contributed by atoms with Crippen LogP contribution in [0.25, 0.3) is 0 Å². The zero-order valence-electron chi connectivity index (χ0n) is 10.0. The normalized spacial score (nSPS) is 24.4. The van der Waals surface area contributed by atoms with E-state index >= 15 is 0 Å². The van der Waals surface area contributed by atoms with Gasteiger partial charge in [-0.2, -0.15) is 4.98 Å². The van der Waals surface area contributed by atoms with Gasteiger partial charge >= 0.3 is 0 Å². The molecule has 0 spiro atoms. The van der Waals surface area contributed by atoms with E-state index in [1.165, 1.54) is 12.8 Å². The van der Waals surface area contributed by atoms with Gasteiger partial charge in [-0.05, 0) is 19.8 Å². The van der Waals surface area contributed by atoms with Crippen molar-refractivity contribution in [3.63, 3.8) is 0 Å². The summed E-state index contributed by atoms with van der Waals surface area (Å²) in [6.07, 6.45) is 6.27. The van der Waals surface area contributed by atoms with Crippen LogP contribution in [0.1, 0.15) is 32.6 Å². The van der Waals surface area contributed by atoms with Gasteiger partial charge < -0.3 is 10.1 Å². The standard InChI is InChI=1S/C12H18ClN3O/c1-2-17-11-7-8-14-12(16-11)15-10-6-4-3-5-9(10)13/h7-10H,2-6H2,1H3,(H,14,15,16). The zero-order valence-corrected chi connectivity index (χ0v) is 10.8. The third-order valence-corrected chi connectivity index (χ3v) is 3.44. The number of alkyl halides is 1. The predicted molar refractivity (Wildman–Crippen MR) is 68.7 cm³/mol. The van der Waals surface area contributed by atoms with E-state index in [0.29, 0.717) is 18.4 Å². The minimum Gasteiger partial charge on any atom is -0.478 e. The van der Waals surface area contributed by atoms with Gasteiger partial charge in [0.1, 0.15) is 0 Å². The van der Waals surface area contributed by atoms with Crippen LogP contribution in [0.4, 0.5) is 5.95 Å². The summed E-state index contributed by atoms with van der Waals surface area (Å²) in [4.78, 5) is 8.48. The highest BCUT2D eigenvalue weighted by Gasteiger charge is 2.23. The topological polar surface area (TPSA) is 47.0 Å². The zero-order chi connectivity index (χ0) is 12.1. The Hall–Kier alpha value is -1.03. The minimum absolute atomic E-state index is 0.170. The molecule has 0 saturated heterocycles. The van der Waals surface area contributed by atoms with Crippen LogP contribution in [0.5, 0.6) is 5.88 Å². The monoisotopic (exact) mass is 255 g/mol. The van der Waals surface area contributed by atoms with Gasteiger partial charge in [-0.25, -0.2) is 4.98 Å². The molecule has 1 saturated carbocycles. The second-order valence-corrected chi connectivity index (χ2v) is 4.76. The molecule has 0 amide bonds. The Kier molecular flexibility index (Phi) is 4.42. The molecule has 0 aromatic carbocycles. The van der Waals surface area contributed by atoms with E-state index < -0.39 is 0 Å². The number of hydrogen-bond donors (Lipinski definition) is 1. The summed E-state index contributed by atoms with van der Waals surface area (Å²) in [7, 11) is 0. The fourth-order valence-corrected chi connectivity index (χ4v) is 2.40. The summed E-state index contributed by atoms with van der Waals surface area (Å²) in [6.45, 7) is 2.54. The molecule has 5 heteroatoms. The minimum atomic E-state index is 0.170. The smallest absolute Gasteiger partial charge is 0.226 e. The maximum absolute atomic E-state index is 6.28. The van der Waals surface area contributed by atoms with Crippen LogP contribution >= 0.6 is 11.6 Å². The first-order chi connectivity index (χ1) is 8.29. The van der Waals surface area contributed by atoms with E-state index in [-0.39, 0.29) is 11.4 Å². The Labute approximate surface area is 107 Å². The van der Waals surface area contributed by atoms with E-state index in [1.807, 2.05) is 6.92 Å². The number of aromatic nitrogens is 2. The van der Waals surface area contributed by atoms with Gasteiger partial charge in [0.15, 0.2) is 0 Å². The van der Waals surface area contributed by atoms with Crippen LogP contribution in [0.3, 0.4) is 0 Å². The van der Waals surface area contributed by atoms with Gasteiger partial charge in [-0.15, -0.1) is 11.6 Å². The second-order valence-electron chi connectivity index (χ2n) is 4.20. The molecule has 17 heavy (non-hydrogen) atoms. The number of hydrogen-bond acceptors (Lipinski definition) is 4. The molecule has 1 aliphatic rings. The molecule has 2 rings (SSSR count). The first-order valence-electron chi connectivity index (χ1n) is 6.16. The summed E-state index contributed by atoms with van der Waals surface area (Å²) in [5, 5.41) is 3.46. The fourth-order valence-electron chi connectivity index (χ4n) is 2.05. The molecule has 1 heterocycles.